The van der Waals surface area contributed by atoms with Gasteiger partial charge in [-0.2, -0.15) is 0 Å². The van der Waals surface area contributed by atoms with E-state index in [1.807, 2.05) is 30.2 Å². The fourth-order valence-corrected chi connectivity index (χ4v) is 4.71. The van der Waals surface area contributed by atoms with Crippen molar-refractivity contribution in [2.24, 2.45) is 0 Å². The molecular weight excluding hydrogens is 342 g/mol. The van der Waals surface area contributed by atoms with E-state index in [1.165, 1.54) is 22.7 Å². The molecule has 0 saturated heterocycles. The Kier molecular flexibility index (Phi) is 5.33. The summed E-state index contributed by atoms with van der Waals surface area (Å²) < 4.78 is 0. The van der Waals surface area contributed by atoms with Gasteiger partial charge in [0.25, 0.3) is 11.8 Å². The summed E-state index contributed by atoms with van der Waals surface area (Å²) in [6, 6.07) is 3.64. The minimum absolute atomic E-state index is 0.0147. The van der Waals surface area contributed by atoms with E-state index >= 15 is 0 Å². The second-order valence-electron chi connectivity index (χ2n) is 5.54. The van der Waals surface area contributed by atoms with Gasteiger partial charge in [0.2, 0.25) is 0 Å². The maximum Gasteiger partial charge on any atom is 0.266 e. The monoisotopic (exact) mass is 363 g/mol. The number of hydrogen-bond acceptors (Lipinski definition) is 5. The molecule has 0 unspecified atom stereocenters. The molecule has 7 heteroatoms. The molecule has 0 aliphatic carbocycles. The van der Waals surface area contributed by atoms with Gasteiger partial charge >= 0.3 is 0 Å². The number of hydrogen-bond donors (Lipinski definition) is 2. The summed E-state index contributed by atoms with van der Waals surface area (Å²) in [5.41, 5.74) is 1.78. The molecule has 1 aliphatic rings. The number of rotatable bonds is 5. The highest BCUT2D eigenvalue weighted by Crippen LogP contribution is 2.36. The van der Waals surface area contributed by atoms with Gasteiger partial charge in [-0.25, -0.2) is 0 Å². The number of carbonyl (C=O) groups is 2. The van der Waals surface area contributed by atoms with Crippen LogP contribution in [-0.4, -0.2) is 36.3 Å². The largest absolute Gasteiger partial charge is 0.339 e. The van der Waals surface area contributed by atoms with Gasteiger partial charge in [-0.3, -0.25) is 9.59 Å². The normalized spacial score (nSPS) is 13.4. The number of carbonyl (C=O) groups excluding carboxylic acids is 2. The maximum absolute atomic E-state index is 13.0. The third-order valence-electron chi connectivity index (χ3n) is 4.16. The third kappa shape index (κ3) is 3.24. The highest BCUT2D eigenvalue weighted by molar-refractivity contribution is 7.17. The Morgan fingerprint density at radius 2 is 2.12 bits per heavy atom. The van der Waals surface area contributed by atoms with Crippen LogP contribution in [0.2, 0.25) is 0 Å². The van der Waals surface area contributed by atoms with Crippen molar-refractivity contribution < 1.29 is 9.59 Å². The van der Waals surface area contributed by atoms with Crippen molar-refractivity contribution in [2.45, 2.75) is 26.8 Å². The van der Waals surface area contributed by atoms with Gasteiger partial charge in [0.15, 0.2) is 0 Å². The van der Waals surface area contributed by atoms with E-state index in [2.05, 4.69) is 10.6 Å². The van der Waals surface area contributed by atoms with Crippen LogP contribution >= 0.6 is 22.7 Å². The summed E-state index contributed by atoms with van der Waals surface area (Å²) in [6.45, 7) is 6.90. The molecule has 3 rings (SSSR count). The van der Waals surface area contributed by atoms with E-state index in [9.17, 15) is 9.59 Å². The molecule has 0 saturated carbocycles. The minimum atomic E-state index is -0.148. The number of anilines is 1. The number of thiophene rings is 2. The van der Waals surface area contributed by atoms with Crippen LogP contribution in [0.1, 0.15) is 44.3 Å². The van der Waals surface area contributed by atoms with Crippen molar-refractivity contribution in [1.29, 1.82) is 0 Å². The molecule has 2 amide bonds. The maximum atomic E-state index is 13.0. The van der Waals surface area contributed by atoms with E-state index in [0.29, 0.717) is 28.5 Å². The lowest BCUT2D eigenvalue weighted by atomic mass is 10.0. The van der Waals surface area contributed by atoms with Gasteiger partial charge in [-0.1, -0.05) is 6.07 Å². The van der Waals surface area contributed by atoms with E-state index in [1.54, 1.807) is 6.07 Å². The topological polar surface area (TPSA) is 61.4 Å². The molecule has 24 heavy (non-hydrogen) atoms. The van der Waals surface area contributed by atoms with Crippen LogP contribution in [-0.2, 0) is 13.0 Å². The summed E-state index contributed by atoms with van der Waals surface area (Å²) in [6.07, 6.45) is 0.822. The Hall–Kier alpha value is -1.70. The molecule has 0 radical (unpaired) electrons. The quantitative estimate of drug-likeness (QED) is 0.858. The molecule has 2 N–H and O–H groups in total. The van der Waals surface area contributed by atoms with Crippen LogP contribution in [0, 0.1) is 0 Å². The molecule has 0 atom stereocenters. The molecule has 128 valence electrons. The van der Waals surface area contributed by atoms with Crippen LogP contribution in [0.4, 0.5) is 5.00 Å². The zero-order chi connectivity index (χ0) is 17.1. The molecule has 0 fully saturated rings. The predicted molar refractivity (Wildman–Crippen MR) is 99.3 cm³/mol. The van der Waals surface area contributed by atoms with Crippen molar-refractivity contribution in [3.05, 3.63) is 38.4 Å². The summed E-state index contributed by atoms with van der Waals surface area (Å²) in [5.74, 6) is -0.133. The van der Waals surface area contributed by atoms with Gasteiger partial charge < -0.3 is 15.5 Å². The average Bonchev–Trinajstić information content (AvgIpc) is 3.23. The van der Waals surface area contributed by atoms with Crippen LogP contribution in [0.15, 0.2) is 17.5 Å². The lowest BCUT2D eigenvalue weighted by Crippen LogP contribution is -2.32. The molecule has 5 nitrogen and oxygen atoms in total. The molecule has 0 bridgehead atoms. The van der Waals surface area contributed by atoms with E-state index < -0.39 is 0 Å². The molecule has 1 aliphatic heterocycles. The second-order valence-corrected chi connectivity index (χ2v) is 7.60. The summed E-state index contributed by atoms with van der Waals surface area (Å²) in [4.78, 5) is 29.0. The van der Waals surface area contributed by atoms with Crippen LogP contribution in [0.25, 0.3) is 0 Å². The Bertz CT molecular complexity index is 733. The van der Waals surface area contributed by atoms with Crippen molar-refractivity contribution in [3.63, 3.8) is 0 Å². The van der Waals surface area contributed by atoms with Crippen LogP contribution in [0.3, 0.4) is 0 Å². The minimum Gasteiger partial charge on any atom is -0.339 e. The molecule has 0 spiro atoms. The first kappa shape index (κ1) is 17.1. The predicted octanol–water partition coefficient (Wildman–Crippen LogP) is 3.19. The van der Waals surface area contributed by atoms with Gasteiger partial charge in [0, 0.05) is 24.5 Å². The highest BCUT2D eigenvalue weighted by atomic mass is 32.1. The Morgan fingerprint density at radius 3 is 2.79 bits per heavy atom. The van der Waals surface area contributed by atoms with Gasteiger partial charge in [0.1, 0.15) is 5.00 Å². The van der Waals surface area contributed by atoms with E-state index in [-0.39, 0.29) is 11.8 Å². The van der Waals surface area contributed by atoms with Gasteiger partial charge in [-0.15, -0.1) is 22.7 Å². The van der Waals surface area contributed by atoms with Crippen LogP contribution < -0.4 is 10.6 Å². The lowest BCUT2D eigenvalue weighted by Gasteiger charge is -2.21. The van der Waals surface area contributed by atoms with E-state index in [4.69, 9.17) is 0 Å². The summed E-state index contributed by atoms with van der Waals surface area (Å²) >= 11 is 2.92. The first-order valence-corrected chi connectivity index (χ1v) is 9.84. The zero-order valence-electron chi connectivity index (χ0n) is 13.8. The van der Waals surface area contributed by atoms with Crippen LogP contribution in [0.5, 0.6) is 0 Å². The SMILES string of the molecule is CCN(CC)C(=O)c1c(NC(=O)c2cccs2)sc2c1CCNC2. The summed E-state index contributed by atoms with van der Waals surface area (Å²) in [7, 11) is 0. The molecule has 2 aromatic rings. The molecule has 2 aromatic heterocycles. The smallest absolute Gasteiger partial charge is 0.266 e. The van der Waals surface area contributed by atoms with Crippen molar-refractivity contribution >= 4 is 39.5 Å². The zero-order valence-corrected chi connectivity index (χ0v) is 15.5. The fourth-order valence-electron chi connectivity index (χ4n) is 2.89. The van der Waals surface area contributed by atoms with Gasteiger partial charge in [0.05, 0.1) is 10.4 Å². The Balaban J connectivity index is 1.97. The third-order valence-corrected chi connectivity index (χ3v) is 6.18. The van der Waals surface area contributed by atoms with Gasteiger partial charge in [-0.05, 0) is 43.8 Å². The Labute approximate surface area is 149 Å². The molecule has 3 heterocycles. The number of nitrogens with one attached hydrogen (secondary N) is 2. The second kappa shape index (κ2) is 7.46. The fraction of sp³-hybridized carbons (Fsp3) is 0.412. The van der Waals surface area contributed by atoms with Crippen molar-refractivity contribution in [1.82, 2.24) is 10.2 Å². The number of amides is 2. The number of nitrogens with zero attached hydrogens (tertiary/aromatic N) is 1. The molecule has 0 aromatic carbocycles. The van der Waals surface area contributed by atoms with Crippen molar-refractivity contribution in [3.8, 4) is 0 Å². The highest BCUT2D eigenvalue weighted by Gasteiger charge is 2.28. The lowest BCUT2D eigenvalue weighted by molar-refractivity contribution is 0.0773. The summed E-state index contributed by atoms with van der Waals surface area (Å²) in [5, 5.41) is 8.86. The Morgan fingerprint density at radius 1 is 1.33 bits per heavy atom. The van der Waals surface area contributed by atoms with Crippen molar-refractivity contribution in [2.75, 3.05) is 25.0 Å². The first-order valence-electron chi connectivity index (χ1n) is 8.15. The first-order chi connectivity index (χ1) is 11.7. The number of fused-ring (bicyclic) bond motifs is 1. The van der Waals surface area contributed by atoms with E-state index in [0.717, 1.165) is 30.0 Å². The molecular formula is C17H21N3O2S2. The standard InChI is InChI=1S/C17H21N3O2S2/c1-3-20(4-2)17(22)14-11-7-8-18-10-13(11)24-16(14)19-15(21)12-6-5-9-23-12/h5-6,9,18H,3-4,7-8,10H2,1-2H3,(H,19,21). The average molecular weight is 364 g/mol.